The third-order valence-corrected chi connectivity index (χ3v) is 4.79. The van der Waals surface area contributed by atoms with Crippen LogP contribution in [-0.2, 0) is 15.1 Å². The zero-order valence-electron chi connectivity index (χ0n) is 12.4. The highest BCUT2D eigenvalue weighted by Crippen LogP contribution is 2.40. The fourth-order valence-electron chi connectivity index (χ4n) is 2.53. The Bertz CT molecular complexity index is 487. The van der Waals surface area contributed by atoms with E-state index in [1.165, 1.54) is 11.1 Å². The van der Waals surface area contributed by atoms with E-state index in [1.54, 1.807) is 0 Å². The monoisotopic (exact) mass is 416 g/mol. The number of hydrogen-bond donors (Lipinski definition) is 0. The highest BCUT2D eigenvalue weighted by atomic mass is 79.9. The van der Waals surface area contributed by atoms with Gasteiger partial charge in [-0.15, -0.1) is 0 Å². The molecule has 1 unspecified atom stereocenters. The van der Waals surface area contributed by atoms with Crippen LogP contribution in [-0.4, -0.2) is 23.9 Å². The summed E-state index contributed by atoms with van der Waals surface area (Å²) >= 11 is 6.89. The van der Waals surface area contributed by atoms with Crippen molar-refractivity contribution in [2.45, 2.75) is 31.8 Å². The molecule has 0 fully saturated rings. The minimum absolute atomic E-state index is 0.249. The standard InChI is InChI=1S/C17H22Br2O2/c1-17(21-13-5-11-19)9-8-16(20-12-4-10-18)14-6-2-3-7-15(14)17/h2-3,6-8H,4-5,9-13H2,1H3. The van der Waals surface area contributed by atoms with Crippen LogP contribution in [0.15, 0.2) is 30.3 Å². The van der Waals surface area contributed by atoms with E-state index in [0.717, 1.165) is 48.9 Å². The molecule has 0 radical (unpaired) electrons. The molecule has 2 nitrogen and oxygen atoms in total. The fourth-order valence-corrected chi connectivity index (χ4v) is 2.99. The second kappa shape index (κ2) is 8.35. The first-order valence-corrected chi connectivity index (χ1v) is 9.64. The number of alkyl halides is 2. The Morgan fingerprint density at radius 1 is 1.10 bits per heavy atom. The molecule has 0 heterocycles. The number of halogens is 2. The van der Waals surface area contributed by atoms with Gasteiger partial charge in [-0.3, -0.25) is 0 Å². The van der Waals surface area contributed by atoms with Gasteiger partial charge in [0.05, 0.1) is 12.2 Å². The van der Waals surface area contributed by atoms with Gasteiger partial charge in [-0.2, -0.15) is 0 Å². The lowest BCUT2D eigenvalue weighted by Crippen LogP contribution is -2.30. The van der Waals surface area contributed by atoms with Gasteiger partial charge >= 0.3 is 0 Å². The maximum atomic E-state index is 6.17. The molecule has 1 aliphatic carbocycles. The van der Waals surface area contributed by atoms with Crippen molar-refractivity contribution in [1.29, 1.82) is 0 Å². The second-order valence-corrected chi connectivity index (χ2v) is 6.92. The molecule has 0 spiro atoms. The summed E-state index contributed by atoms with van der Waals surface area (Å²) in [4.78, 5) is 0. The molecule has 1 aromatic rings. The van der Waals surface area contributed by atoms with E-state index in [4.69, 9.17) is 9.47 Å². The van der Waals surface area contributed by atoms with Crippen LogP contribution < -0.4 is 0 Å². The summed E-state index contributed by atoms with van der Waals surface area (Å²) in [6.45, 7) is 3.68. The molecule has 21 heavy (non-hydrogen) atoms. The van der Waals surface area contributed by atoms with Crippen molar-refractivity contribution in [3.63, 3.8) is 0 Å². The molecule has 1 aromatic carbocycles. The molecule has 0 saturated carbocycles. The van der Waals surface area contributed by atoms with Crippen molar-refractivity contribution < 1.29 is 9.47 Å². The van der Waals surface area contributed by atoms with Crippen molar-refractivity contribution in [2.75, 3.05) is 23.9 Å². The molecule has 0 N–H and O–H groups in total. The molecule has 0 aromatic heterocycles. The summed E-state index contributed by atoms with van der Waals surface area (Å²) < 4.78 is 12.1. The molecule has 0 aliphatic heterocycles. The van der Waals surface area contributed by atoms with Crippen LogP contribution in [0.5, 0.6) is 0 Å². The summed E-state index contributed by atoms with van der Waals surface area (Å²) in [7, 11) is 0. The smallest absolute Gasteiger partial charge is 0.123 e. The van der Waals surface area contributed by atoms with Crippen LogP contribution in [0.3, 0.4) is 0 Å². The van der Waals surface area contributed by atoms with Gasteiger partial charge in [0.25, 0.3) is 0 Å². The van der Waals surface area contributed by atoms with E-state index in [-0.39, 0.29) is 5.60 Å². The number of hydrogen-bond acceptors (Lipinski definition) is 2. The molecule has 4 heteroatoms. The molecular weight excluding hydrogens is 396 g/mol. The summed E-state index contributed by atoms with van der Waals surface area (Å²) in [6, 6.07) is 8.42. The van der Waals surface area contributed by atoms with Crippen LogP contribution in [0.4, 0.5) is 0 Å². The predicted molar refractivity (Wildman–Crippen MR) is 95.1 cm³/mol. The third kappa shape index (κ3) is 4.33. The third-order valence-electron chi connectivity index (χ3n) is 3.67. The molecule has 2 rings (SSSR count). The molecular formula is C17H22Br2O2. The van der Waals surface area contributed by atoms with Crippen LogP contribution in [0, 0.1) is 0 Å². The van der Waals surface area contributed by atoms with E-state index in [0.29, 0.717) is 0 Å². The Hall–Kier alpha value is -0.320. The van der Waals surface area contributed by atoms with Crippen LogP contribution >= 0.6 is 31.9 Å². The van der Waals surface area contributed by atoms with Crippen molar-refractivity contribution >= 4 is 37.6 Å². The van der Waals surface area contributed by atoms with Gasteiger partial charge in [0.2, 0.25) is 0 Å². The van der Waals surface area contributed by atoms with Gasteiger partial charge in [0.15, 0.2) is 0 Å². The van der Waals surface area contributed by atoms with Gasteiger partial charge < -0.3 is 9.47 Å². The summed E-state index contributed by atoms with van der Waals surface area (Å²) in [6.07, 6.45) is 5.06. The van der Waals surface area contributed by atoms with Crippen molar-refractivity contribution in [3.05, 3.63) is 41.5 Å². The summed E-state index contributed by atoms with van der Waals surface area (Å²) in [5.74, 6) is 0.994. The minimum atomic E-state index is -0.249. The van der Waals surface area contributed by atoms with Gasteiger partial charge in [0, 0.05) is 29.3 Å². The molecule has 116 valence electrons. The molecule has 0 saturated heterocycles. The molecule has 1 atom stereocenters. The highest BCUT2D eigenvalue weighted by molar-refractivity contribution is 9.09. The number of fused-ring (bicyclic) bond motifs is 1. The Balaban J connectivity index is 2.16. The Labute approximate surface area is 144 Å². The van der Waals surface area contributed by atoms with Crippen molar-refractivity contribution in [3.8, 4) is 0 Å². The zero-order valence-corrected chi connectivity index (χ0v) is 15.6. The first kappa shape index (κ1) is 17.0. The normalized spacial score (nSPS) is 20.8. The molecule has 0 bridgehead atoms. The van der Waals surface area contributed by atoms with E-state index in [1.807, 2.05) is 0 Å². The van der Waals surface area contributed by atoms with E-state index in [2.05, 4.69) is 69.1 Å². The van der Waals surface area contributed by atoms with E-state index < -0.39 is 0 Å². The SMILES string of the molecule is CC1(OCCCBr)CC=C(OCCCBr)c2ccccc21. The quantitative estimate of drug-likeness (QED) is 0.424. The predicted octanol–water partition coefficient (Wildman–Crippen LogP) is 5.25. The van der Waals surface area contributed by atoms with Crippen LogP contribution in [0.2, 0.25) is 0 Å². The summed E-state index contributed by atoms with van der Waals surface area (Å²) in [5, 5.41) is 1.94. The Morgan fingerprint density at radius 2 is 1.81 bits per heavy atom. The van der Waals surface area contributed by atoms with Gasteiger partial charge in [0.1, 0.15) is 5.76 Å². The Kier molecular flexibility index (Phi) is 6.77. The highest BCUT2D eigenvalue weighted by Gasteiger charge is 2.33. The Morgan fingerprint density at radius 3 is 2.57 bits per heavy atom. The topological polar surface area (TPSA) is 18.5 Å². The lowest BCUT2D eigenvalue weighted by molar-refractivity contribution is -0.0354. The maximum absolute atomic E-state index is 6.17. The first-order chi connectivity index (χ1) is 10.2. The van der Waals surface area contributed by atoms with E-state index in [9.17, 15) is 0 Å². The second-order valence-electron chi connectivity index (χ2n) is 5.33. The van der Waals surface area contributed by atoms with E-state index >= 15 is 0 Å². The molecule has 0 amide bonds. The zero-order chi connectivity index (χ0) is 15.1. The van der Waals surface area contributed by atoms with Gasteiger partial charge in [-0.05, 0) is 31.4 Å². The number of rotatable bonds is 8. The lowest BCUT2D eigenvalue weighted by Gasteiger charge is -2.35. The van der Waals surface area contributed by atoms with Gasteiger partial charge in [-0.1, -0.05) is 56.1 Å². The summed E-state index contributed by atoms with van der Waals surface area (Å²) in [5.41, 5.74) is 2.15. The van der Waals surface area contributed by atoms with Gasteiger partial charge in [-0.25, -0.2) is 0 Å². The van der Waals surface area contributed by atoms with Crippen LogP contribution in [0.1, 0.15) is 37.3 Å². The minimum Gasteiger partial charge on any atom is -0.493 e. The first-order valence-electron chi connectivity index (χ1n) is 7.40. The maximum Gasteiger partial charge on any atom is 0.123 e. The average Bonchev–Trinajstić information content (AvgIpc) is 2.51. The lowest BCUT2D eigenvalue weighted by atomic mass is 9.83. The fraction of sp³-hybridized carbons (Fsp3) is 0.529. The molecule has 1 aliphatic rings. The average molecular weight is 418 g/mol. The largest absolute Gasteiger partial charge is 0.493 e. The number of ether oxygens (including phenoxy) is 2. The van der Waals surface area contributed by atoms with Crippen molar-refractivity contribution in [2.24, 2.45) is 0 Å². The van der Waals surface area contributed by atoms with Crippen molar-refractivity contribution in [1.82, 2.24) is 0 Å². The van der Waals surface area contributed by atoms with Crippen LogP contribution in [0.25, 0.3) is 5.76 Å². The number of benzene rings is 1.